The quantitative estimate of drug-likeness (QED) is 0.595. The number of hydrogen-bond acceptors (Lipinski definition) is 7. The summed E-state index contributed by atoms with van der Waals surface area (Å²) in [4.78, 5) is 37.9. The van der Waals surface area contributed by atoms with Crippen molar-refractivity contribution in [3.05, 3.63) is 52.9 Å². The summed E-state index contributed by atoms with van der Waals surface area (Å²) >= 11 is 1.17. The molecular formula is C21H21FN4O3S. The van der Waals surface area contributed by atoms with Gasteiger partial charge in [0, 0.05) is 48.7 Å². The van der Waals surface area contributed by atoms with E-state index < -0.39 is 12.1 Å². The Labute approximate surface area is 177 Å². The zero-order valence-corrected chi connectivity index (χ0v) is 17.5. The number of anilines is 1. The summed E-state index contributed by atoms with van der Waals surface area (Å²) in [5.41, 5.74) is 0.536. The van der Waals surface area contributed by atoms with E-state index in [-0.39, 0.29) is 11.7 Å². The molecular weight excluding hydrogens is 407 g/mol. The van der Waals surface area contributed by atoms with Crippen LogP contribution < -0.4 is 4.90 Å². The first kappa shape index (κ1) is 20.2. The van der Waals surface area contributed by atoms with Gasteiger partial charge in [-0.1, -0.05) is 6.07 Å². The second-order valence-corrected chi connectivity index (χ2v) is 8.13. The molecule has 0 bridgehead atoms. The van der Waals surface area contributed by atoms with Gasteiger partial charge in [0.25, 0.3) is 5.91 Å². The summed E-state index contributed by atoms with van der Waals surface area (Å²) < 4.78 is 20.2. The van der Waals surface area contributed by atoms with Crippen molar-refractivity contribution in [2.45, 2.75) is 20.0 Å². The molecule has 1 saturated heterocycles. The first-order valence-corrected chi connectivity index (χ1v) is 10.5. The molecule has 1 atom stereocenters. The molecule has 0 N–H and O–H groups in total. The number of esters is 1. The maximum absolute atomic E-state index is 14.1. The Bertz CT molecular complexity index is 1080. The van der Waals surface area contributed by atoms with Crippen LogP contribution in [0.15, 0.2) is 36.7 Å². The fourth-order valence-corrected chi connectivity index (χ4v) is 4.66. The molecule has 0 radical (unpaired) electrons. The number of carbonyl (C=O) groups excluding carboxylic acids is 2. The van der Waals surface area contributed by atoms with E-state index in [1.807, 2.05) is 4.90 Å². The minimum Gasteiger partial charge on any atom is -0.448 e. The number of piperazine rings is 1. The summed E-state index contributed by atoms with van der Waals surface area (Å²) in [5.74, 6) is -0.589. The topological polar surface area (TPSA) is 75.6 Å². The predicted octanol–water partition coefficient (Wildman–Crippen LogP) is 3.03. The number of benzene rings is 1. The normalized spacial score (nSPS) is 15.3. The molecule has 1 unspecified atom stereocenters. The van der Waals surface area contributed by atoms with Crippen molar-refractivity contribution in [3.8, 4) is 0 Å². The highest BCUT2D eigenvalue weighted by Crippen LogP contribution is 2.33. The van der Waals surface area contributed by atoms with Gasteiger partial charge in [-0.15, -0.1) is 11.3 Å². The van der Waals surface area contributed by atoms with E-state index in [0.29, 0.717) is 52.7 Å². The van der Waals surface area contributed by atoms with Gasteiger partial charge in [0.15, 0.2) is 6.10 Å². The second-order valence-electron chi connectivity index (χ2n) is 7.08. The number of ether oxygens (including phenoxy) is 1. The molecule has 3 heterocycles. The van der Waals surface area contributed by atoms with Gasteiger partial charge in [-0.25, -0.2) is 19.2 Å². The number of rotatable bonds is 4. The first-order valence-electron chi connectivity index (χ1n) is 9.65. The van der Waals surface area contributed by atoms with Crippen LogP contribution in [-0.2, 0) is 9.53 Å². The largest absolute Gasteiger partial charge is 0.448 e. The van der Waals surface area contributed by atoms with Crippen LogP contribution in [0.3, 0.4) is 0 Å². The van der Waals surface area contributed by atoms with E-state index >= 15 is 0 Å². The highest BCUT2D eigenvalue weighted by atomic mass is 32.1. The van der Waals surface area contributed by atoms with E-state index in [0.717, 1.165) is 0 Å². The summed E-state index contributed by atoms with van der Waals surface area (Å²) in [5, 5.41) is 0.424. The van der Waals surface area contributed by atoms with Crippen LogP contribution in [0, 0.1) is 12.7 Å². The fraction of sp³-hybridized carbons (Fsp3) is 0.333. The summed E-state index contributed by atoms with van der Waals surface area (Å²) in [6.45, 7) is 5.44. The summed E-state index contributed by atoms with van der Waals surface area (Å²) in [7, 11) is 0. The molecule has 0 aliphatic carbocycles. The van der Waals surface area contributed by atoms with Crippen molar-refractivity contribution in [3.63, 3.8) is 0 Å². The zero-order chi connectivity index (χ0) is 21.3. The summed E-state index contributed by atoms with van der Waals surface area (Å²) in [6.07, 6.45) is 2.44. The highest BCUT2D eigenvalue weighted by Gasteiger charge is 2.29. The van der Waals surface area contributed by atoms with E-state index in [4.69, 9.17) is 4.74 Å². The Morgan fingerprint density at radius 2 is 1.83 bits per heavy atom. The molecule has 156 valence electrons. The molecule has 2 aromatic heterocycles. The van der Waals surface area contributed by atoms with Crippen molar-refractivity contribution >= 4 is 39.2 Å². The van der Waals surface area contributed by atoms with Gasteiger partial charge in [0.05, 0.1) is 0 Å². The lowest BCUT2D eigenvalue weighted by atomic mass is 10.1. The third kappa shape index (κ3) is 3.85. The van der Waals surface area contributed by atoms with Crippen LogP contribution in [0.5, 0.6) is 0 Å². The SMILES string of the molecule is Cc1c(C(=O)OC(C)C(=O)N2CCN(c3ncccn3)CC2)sc2cccc(F)c12. The van der Waals surface area contributed by atoms with E-state index in [9.17, 15) is 14.0 Å². The van der Waals surface area contributed by atoms with Gasteiger partial charge in [0.1, 0.15) is 10.7 Å². The maximum Gasteiger partial charge on any atom is 0.349 e. The van der Waals surface area contributed by atoms with Crippen LogP contribution in [0.4, 0.5) is 10.3 Å². The van der Waals surface area contributed by atoms with Gasteiger partial charge in [0.2, 0.25) is 5.95 Å². The average Bonchev–Trinajstić information content (AvgIpc) is 3.12. The summed E-state index contributed by atoms with van der Waals surface area (Å²) in [6, 6.07) is 6.49. The third-order valence-electron chi connectivity index (χ3n) is 5.15. The lowest BCUT2D eigenvalue weighted by molar-refractivity contribution is -0.140. The molecule has 30 heavy (non-hydrogen) atoms. The second kappa shape index (κ2) is 8.35. The Morgan fingerprint density at radius 3 is 2.50 bits per heavy atom. The minimum atomic E-state index is -0.925. The molecule has 0 spiro atoms. The number of aryl methyl sites for hydroxylation is 1. The van der Waals surface area contributed by atoms with Gasteiger partial charge in [-0.2, -0.15) is 0 Å². The Hall–Kier alpha value is -3.07. The number of carbonyl (C=O) groups is 2. The number of amides is 1. The lowest BCUT2D eigenvalue weighted by Crippen LogP contribution is -2.52. The number of aromatic nitrogens is 2. The molecule has 9 heteroatoms. The maximum atomic E-state index is 14.1. The van der Waals surface area contributed by atoms with Gasteiger partial charge >= 0.3 is 5.97 Å². The molecule has 1 aliphatic heterocycles. The van der Waals surface area contributed by atoms with Crippen molar-refractivity contribution < 1.29 is 18.7 Å². The molecule has 1 aromatic carbocycles. The van der Waals surface area contributed by atoms with Crippen LogP contribution in [0.2, 0.25) is 0 Å². The molecule has 7 nitrogen and oxygen atoms in total. The number of nitrogens with zero attached hydrogens (tertiary/aromatic N) is 4. The van der Waals surface area contributed by atoms with Crippen LogP contribution in [0.25, 0.3) is 10.1 Å². The minimum absolute atomic E-state index is 0.248. The Kier molecular flexibility index (Phi) is 5.63. The van der Waals surface area contributed by atoms with E-state index in [1.165, 1.54) is 17.4 Å². The highest BCUT2D eigenvalue weighted by molar-refractivity contribution is 7.21. The van der Waals surface area contributed by atoms with Crippen LogP contribution >= 0.6 is 11.3 Å². The molecule has 4 rings (SSSR count). The third-order valence-corrected chi connectivity index (χ3v) is 6.38. The van der Waals surface area contributed by atoms with Crippen molar-refractivity contribution in [1.82, 2.24) is 14.9 Å². The molecule has 3 aromatic rings. The smallest absolute Gasteiger partial charge is 0.349 e. The van der Waals surface area contributed by atoms with Crippen molar-refractivity contribution in [2.24, 2.45) is 0 Å². The van der Waals surface area contributed by atoms with E-state index in [1.54, 1.807) is 49.3 Å². The molecule has 1 fully saturated rings. The Balaban J connectivity index is 1.39. The molecule has 0 saturated carbocycles. The van der Waals surface area contributed by atoms with Gasteiger partial charge in [-0.05, 0) is 37.6 Å². The number of halogens is 1. The number of fused-ring (bicyclic) bond motifs is 1. The molecule has 1 aliphatic rings. The van der Waals surface area contributed by atoms with E-state index in [2.05, 4.69) is 9.97 Å². The van der Waals surface area contributed by atoms with Crippen LogP contribution in [-0.4, -0.2) is 59.0 Å². The standard InChI is InChI=1S/C21H21FN4O3S/c1-13-17-15(22)5-3-6-16(17)30-18(13)20(28)29-14(2)19(27)25-9-11-26(12-10-25)21-23-7-4-8-24-21/h3-8,14H,9-12H2,1-2H3. The molecule has 1 amide bonds. The zero-order valence-electron chi connectivity index (χ0n) is 16.7. The number of thiophene rings is 1. The van der Waals surface area contributed by atoms with Crippen molar-refractivity contribution in [2.75, 3.05) is 31.1 Å². The lowest BCUT2D eigenvalue weighted by Gasteiger charge is -2.35. The Morgan fingerprint density at radius 1 is 1.13 bits per heavy atom. The monoisotopic (exact) mass is 428 g/mol. The number of hydrogen-bond donors (Lipinski definition) is 0. The van der Waals surface area contributed by atoms with Gasteiger partial charge < -0.3 is 14.5 Å². The van der Waals surface area contributed by atoms with Gasteiger partial charge in [-0.3, -0.25) is 4.79 Å². The average molecular weight is 428 g/mol. The predicted molar refractivity (Wildman–Crippen MR) is 112 cm³/mol. The van der Waals surface area contributed by atoms with Crippen molar-refractivity contribution in [1.29, 1.82) is 0 Å². The first-order chi connectivity index (χ1) is 14.5. The van der Waals surface area contributed by atoms with Crippen LogP contribution in [0.1, 0.15) is 22.2 Å². The fourth-order valence-electron chi connectivity index (χ4n) is 3.55.